The summed E-state index contributed by atoms with van der Waals surface area (Å²) in [6.45, 7) is 5.92. The lowest BCUT2D eigenvalue weighted by Crippen LogP contribution is -2.14. The van der Waals surface area contributed by atoms with Gasteiger partial charge in [0.1, 0.15) is 11.9 Å². The lowest BCUT2D eigenvalue weighted by atomic mass is 10.2. The third-order valence-corrected chi connectivity index (χ3v) is 3.97. The second-order valence-electron chi connectivity index (χ2n) is 5.95. The van der Waals surface area contributed by atoms with E-state index in [9.17, 15) is 0 Å². The van der Waals surface area contributed by atoms with E-state index < -0.39 is 0 Å². The lowest BCUT2D eigenvalue weighted by molar-refractivity contribution is 0.0400. The summed E-state index contributed by atoms with van der Waals surface area (Å²) in [5.41, 5.74) is 1.21. The first-order chi connectivity index (χ1) is 9.81. The first kappa shape index (κ1) is 13.8. The molecule has 0 aromatic carbocycles. The minimum absolute atomic E-state index is 0.0980. The van der Waals surface area contributed by atoms with E-state index in [4.69, 9.17) is 14.7 Å². The molecule has 2 fully saturated rings. The highest BCUT2D eigenvalue weighted by Gasteiger charge is 2.36. The highest BCUT2D eigenvalue weighted by atomic mass is 16.5. The van der Waals surface area contributed by atoms with Crippen LogP contribution in [0.1, 0.15) is 69.5 Å². The van der Waals surface area contributed by atoms with Crippen molar-refractivity contribution in [3.63, 3.8) is 0 Å². The first-order valence-electron chi connectivity index (χ1n) is 8.06. The molecular weight excluding hydrogens is 250 g/mol. The minimum Gasteiger partial charge on any atom is -0.370 e. The lowest BCUT2D eigenvalue weighted by Gasteiger charge is -2.17. The Morgan fingerprint density at radius 2 is 2.05 bits per heavy atom. The quantitative estimate of drug-likeness (QED) is 0.786. The molecule has 2 saturated carbocycles. The van der Waals surface area contributed by atoms with Crippen molar-refractivity contribution < 1.29 is 4.74 Å². The van der Waals surface area contributed by atoms with Gasteiger partial charge >= 0.3 is 0 Å². The third kappa shape index (κ3) is 3.29. The molecule has 2 aliphatic rings. The Bertz CT molecular complexity index is 455. The van der Waals surface area contributed by atoms with Crippen molar-refractivity contribution in [2.24, 2.45) is 5.92 Å². The molecule has 4 nitrogen and oxygen atoms in total. The molecule has 1 heterocycles. The minimum atomic E-state index is 0.0980. The molecule has 0 radical (unpaired) electrons. The second-order valence-corrected chi connectivity index (χ2v) is 5.95. The van der Waals surface area contributed by atoms with Gasteiger partial charge in [-0.3, -0.25) is 0 Å². The molecule has 20 heavy (non-hydrogen) atoms. The maximum atomic E-state index is 5.91. The molecule has 1 N–H and O–H groups in total. The van der Waals surface area contributed by atoms with E-state index in [0.29, 0.717) is 11.8 Å². The zero-order valence-corrected chi connectivity index (χ0v) is 12.6. The van der Waals surface area contributed by atoms with E-state index in [1.54, 1.807) is 0 Å². The first-order valence-corrected chi connectivity index (χ1v) is 8.06. The van der Waals surface area contributed by atoms with Gasteiger partial charge in [-0.1, -0.05) is 6.92 Å². The third-order valence-electron chi connectivity index (χ3n) is 3.97. The number of anilines is 1. The average molecular weight is 275 g/mol. The number of hydrogen-bond donors (Lipinski definition) is 1. The highest BCUT2D eigenvalue weighted by molar-refractivity contribution is 5.38. The van der Waals surface area contributed by atoms with Crippen molar-refractivity contribution in [1.29, 1.82) is 0 Å². The summed E-state index contributed by atoms with van der Waals surface area (Å²) in [6.07, 6.45) is 6.24. The maximum Gasteiger partial charge on any atom is 0.160 e. The van der Waals surface area contributed by atoms with Crippen LogP contribution in [0.3, 0.4) is 0 Å². The van der Waals surface area contributed by atoms with Crippen molar-refractivity contribution in [3.05, 3.63) is 17.6 Å². The van der Waals surface area contributed by atoms with Crippen LogP contribution in [-0.2, 0) is 4.74 Å². The van der Waals surface area contributed by atoms with Gasteiger partial charge in [0, 0.05) is 30.8 Å². The number of ether oxygens (including phenoxy) is 1. The van der Waals surface area contributed by atoms with Gasteiger partial charge in [0.25, 0.3) is 0 Å². The number of aromatic nitrogens is 2. The zero-order chi connectivity index (χ0) is 13.9. The molecule has 110 valence electrons. The standard InChI is InChI=1S/C16H25N3O/c1-3-9-17-14-10-13(11-5-6-11)18-16(19-14)15(20-4-2)12-7-8-12/h10-12,15H,3-9H2,1-2H3,(H,17,18,19). The molecular formula is C16H25N3O. The van der Waals surface area contributed by atoms with Crippen molar-refractivity contribution >= 4 is 5.82 Å². The Hall–Kier alpha value is -1.16. The number of rotatable bonds is 8. The molecule has 0 saturated heterocycles. The summed E-state index contributed by atoms with van der Waals surface area (Å²) in [4.78, 5) is 9.52. The number of nitrogens with zero attached hydrogens (tertiary/aromatic N) is 2. The Morgan fingerprint density at radius 1 is 1.25 bits per heavy atom. The van der Waals surface area contributed by atoms with Crippen LogP contribution in [0, 0.1) is 5.92 Å². The van der Waals surface area contributed by atoms with Gasteiger partial charge in [-0.25, -0.2) is 9.97 Å². The van der Waals surface area contributed by atoms with E-state index in [1.165, 1.54) is 31.4 Å². The van der Waals surface area contributed by atoms with Crippen LogP contribution in [-0.4, -0.2) is 23.1 Å². The molecule has 0 aliphatic heterocycles. The Morgan fingerprint density at radius 3 is 2.65 bits per heavy atom. The van der Waals surface area contributed by atoms with E-state index in [1.807, 2.05) is 0 Å². The fourth-order valence-electron chi connectivity index (χ4n) is 2.54. The molecule has 1 aromatic rings. The van der Waals surface area contributed by atoms with Crippen LogP contribution in [0.2, 0.25) is 0 Å². The van der Waals surface area contributed by atoms with Gasteiger partial charge in [0.05, 0.1) is 0 Å². The van der Waals surface area contributed by atoms with Crippen LogP contribution in [0.4, 0.5) is 5.82 Å². The van der Waals surface area contributed by atoms with E-state index >= 15 is 0 Å². The summed E-state index contributed by atoms with van der Waals surface area (Å²) >= 11 is 0. The van der Waals surface area contributed by atoms with Crippen molar-refractivity contribution in [3.8, 4) is 0 Å². The summed E-state index contributed by atoms with van der Waals surface area (Å²) < 4.78 is 5.91. The van der Waals surface area contributed by atoms with Gasteiger partial charge in [0.15, 0.2) is 5.82 Å². The van der Waals surface area contributed by atoms with E-state index in [0.717, 1.165) is 31.2 Å². The smallest absolute Gasteiger partial charge is 0.160 e. The molecule has 1 unspecified atom stereocenters. The van der Waals surface area contributed by atoms with Gasteiger partial charge < -0.3 is 10.1 Å². The van der Waals surface area contributed by atoms with Gasteiger partial charge in [-0.05, 0) is 44.9 Å². The fraction of sp³-hybridized carbons (Fsp3) is 0.750. The number of hydrogen-bond acceptors (Lipinski definition) is 4. The predicted molar refractivity (Wildman–Crippen MR) is 79.9 cm³/mol. The van der Waals surface area contributed by atoms with Crippen LogP contribution in [0.5, 0.6) is 0 Å². The monoisotopic (exact) mass is 275 g/mol. The highest BCUT2D eigenvalue weighted by Crippen LogP contribution is 2.44. The summed E-state index contributed by atoms with van der Waals surface area (Å²) in [5, 5.41) is 3.41. The molecule has 0 bridgehead atoms. The van der Waals surface area contributed by atoms with Crippen molar-refractivity contribution in [1.82, 2.24) is 9.97 Å². The topological polar surface area (TPSA) is 47.0 Å². The van der Waals surface area contributed by atoms with Gasteiger partial charge in [-0.15, -0.1) is 0 Å². The van der Waals surface area contributed by atoms with Crippen LogP contribution in [0.15, 0.2) is 6.07 Å². The molecule has 1 atom stereocenters. The van der Waals surface area contributed by atoms with Gasteiger partial charge in [-0.2, -0.15) is 0 Å². The second kappa shape index (κ2) is 6.08. The Balaban J connectivity index is 1.84. The Kier molecular flexibility index (Phi) is 4.20. The fourth-order valence-corrected chi connectivity index (χ4v) is 2.54. The maximum absolute atomic E-state index is 5.91. The predicted octanol–water partition coefficient (Wildman–Crippen LogP) is 3.66. The van der Waals surface area contributed by atoms with Crippen LogP contribution < -0.4 is 5.32 Å². The molecule has 0 spiro atoms. The van der Waals surface area contributed by atoms with Crippen molar-refractivity contribution in [2.45, 2.75) is 58.0 Å². The Labute approximate surface area is 121 Å². The zero-order valence-electron chi connectivity index (χ0n) is 12.6. The van der Waals surface area contributed by atoms with Crippen LogP contribution in [0.25, 0.3) is 0 Å². The van der Waals surface area contributed by atoms with E-state index in [-0.39, 0.29) is 6.10 Å². The average Bonchev–Trinajstić information content (AvgIpc) is 3.33. The normalized spacial score (nSPS) is 19.9. The molecule has 0 amide bonds. The molecule has 2 aliphatic carbocycles. The van der Waals surface area contributed by atoms with Crippen molar-refractivity contribution in [2.75, 3.05) is 18.5 Å². The number of nitrogens with one attached hydrogen (secondary N) is 1. The molecule has 1 aromatic heterocycles. The molecule has 3 rings (SSSR count). The summed E-state index contributed by atoms with van der Waals surface area (Å²) in [7, 11) is 0. The largest absolute Gasteiger partial charge is 0.370 e. The van der Waals surface area contributed by atoms with Gasteiger partial charge in [0.2, 0.25) is 0 Å². The molecule has 4 heteroatoms. The van der Waals surface area contributed by atoms with E-state index in [2.05, 4.69) is 25.2 Å². The summed E-state index contributed by atoms with van der Waals surface area (Å²) in [6, 6.07) is 2.13. The SMILES string of the molecule is CCCNc1cc(C2CC2)nc(C(OCC)C2CC2)n1. The summed E-state index contributed by atoms with van der Waals surface area (Å²) in [5.74, 6) is 3.16. The van der Waals surface area contributed by atoms with Crippen LogP contribution >= 0.6 is 0 Å².